The van der Waals surface area contributed by atoms with Crippen LogP contribution in [0.5, 0.6) is 0 Å². The summed E-state index contributed by atoms with van der Waals surface area (Å²) in [5, 5.41) is 13.7. The van der Waals surface area contributed by atoms with Crippen molar-refractivity contribution < 1.29 is 9.72 Å². The zero-order valence-electron chi connectivity index (χ0n) is 12.1. The second-order valence-electron chi connectivity index (χ2n) is 4.96. The summed E-state index contributed by atoms with van der Waals surface area (Å²) < 4.78 is 0. The molecule has 0 saturated carbocycles. The van der Waals surface area contributed by atoms with Crippen LogP contribution in [0.15, 0.2) is 36.4 Å². The van der Waals surface area contributed by atoms with Gasteiger partial charge in [0.1, 0.15) is 0 Å². The Kier molecular flexibility index (Phi) is 4.03. The Labute approximate surface area is 122 Å². The third-order valence-corrected chi connectivity index (χ3v) is 3.52. The van der Waals surface area contributed by atoms with Crippen LogP contribution in [0, 0.1) is 30.9 Å². The number of carbonyl (C=O) groups is 1. The van der Waals surface area contributed by atoms with E-state index in [4.69, 9.17) is 0 Å². The van der Waals surface area contributed by atoms with E-state index < -0.39 is 4.92 Å². The van der Waals surface area contributed by atoms with Gasteiger partial charge in [-0.2, -0.15) is 0 Å². The van der Waals surface area contributed by atoms with Crippen molar-refractivity contribution in [3.8, 4) is 0 Å². The third kappa shape index (κ3) is 3.08. The Morgan fingerprint density at radius 3 is 2.48 bits per heavy atom. The molecule has 0 atom stereocenters. The van der Waals surface area contributed by atoms with E-state index in [2.05, 4.69) is 5.32 Å². The number of hydrogen-bond donors (Lipinski definition) is 1. The lowest BCUT2D eigenvalue weighted by Crippen LogP contribution is -2.13. The molecule has 0 bridgehead atoms. The Bertz CT molecular complexity index is 723. The molecule has 2 rings (SSSR count). The highest BCUT2D eigenvalue weighted by atomic mass is 16.6. The fraction of sp³-hybridized carbons (Fsp3) is 0.188. The van der Waals surface area contributed by atoms with Crippen molar-refractivity contribution in [3.63, 3.8) is 0 Å². The number of nitrogens with one attached hydrogen (secondary N) is 1. The van der Waals surface area contributed by atoms with Gasteiger partial charge in [0.15, 0.2) is 0 Å². The molecule has 0 aliphatic heterocycles. The molecule has 1 amide bonds. The zero-order valence-corrected chi connectivity index (χ0v) is 12.1. The SMILES string of the molecule is Cc1ccc(C(=O)Nc2cccc(C)c2C)cc1[N+](=O)[O-]. The minimum atomic E-state index is -0.482. The van der Waals surface area contributed by atoms with Gasteiger partial charge in [-0.3, -0.25) is 14.9 Å². The summed E-state index contributed by atoms with van der Waals surface area (Å²) >= 11 is 0. The van der Waals surface area contributed by atoms with Crippen LogP contribution < -0.4 is 5.32 Å². The predicted octanol–water partition coefficient (Wildman–Crippen LogP) is 3.77. The molecule has 5 heteroatoms. The number of amides is 1. The highest BCUT2D eigenvalue weighted by Gasteiger charge is 2.15. The minimum Gasteiger partial charge on any atom is -0.322 e. The van der Waals surface area contributed by atoms with Crippen LogP contribution in [-0.2, 0) is 0 Å². The van der Waals surface area contributed by atoms with Crippen LogP contribution in [0.3, 0.4) is 0 Å². The maximum absolute atomic E-state index is 12.2. The van der Waals surface area contributed by atoms with Gasteiger partial charge in [-0.15, -0.1) is 0 Å². The number of carbonyl (C=O) groups excluding carboxylic acids is 1. The van der Waals surface area contributed by atoms with Gasteiger partial charge in [-0.05, 0) is 44.0 Å². The molecule has 0 aliphatic carbocycles. The normalized spacial score (nSPS) is 10.2. The predicted molar refractivity (Wildman–Crippen MR) is 81.7 cm³/mol. The van der Waals surface area contributed by atoms with Crippen molar-refractivity contribution in [2.75, 3.05) is 5.32 Å². The number of hydrogen-bond acceptors (Lipinski definition) is 3. The summed E-state index contributed by atoms with van der Waals surface area (Å²) in [5.74, 6) is -0.355. The fourth-order valence-corrected chi connectivity index (χ4v) is 2.03. The Morgan fingerprint density at radius 2 is 1.81 bits per heavy atom. The molecule has 0 unspecified atom stereocenters. The van der Waals surface area contributed by atoms with E-state index in [9.17, 15) is 14.9 Å². The average Bonchev–Trinajstić information content (AvgIpc) is 2.44. The van der Waals surface area contributed by atoms with Crippen LogP contribution in [0.4, 0.5) is 11.4 Å². The smallest absolute Gasteiger partial charge is 0.273 e. The standard InChI is InChI=1S/C16H16N2O3/c1-10-5-4-6-14(12(10)3)17-16(19)13-8-7-11(2)15(9-13)18(20)21/h4-9H,1-3H3,(H,17,19). The zero-order chi connectivity index (χ0) is 15.6. The number of benzene rings is 2. The highest BCUT2D eigenvalue weighted by molar-refractivity contribution is 6.05. The first-order chi connectivity index (χ1) is 9.90. The van der Waals surface area contributed by atoms with Crippen molar-refractivity contribution in [2.24, 2.45) is 0 Å². The maximum atomic E-state index is 12.2. The molecule has 21 heavy (non-hydrogen) atoms. The van der Waals surface area contributed by atoms with E-state index in [1.165, 1.54) is 6.07 Å². The fourth-order valence-electron chi connectivity index (χ4n) is 2.03. The second-order valence-corrected chi connectivity index (χ2v) is 4.96. The van der Waals surface area contributed by atoms with Crippen molar-refractivity contribution >= 4 is 17.3 Å². The number of nitro benzene ring substituents is 1. The molecule has 0 aromatic heterocycles. The van der Waals surface area contributed by atoms with E-state index in [0.717, 1.165) is 11.1 Å². The molecular weight excluding hydrogens is 268 g/mol. The van der Waals surface area contributed by atoms with E-state index in [1.54, 1.807) is 19.1 Å². The average molecular weight is 284 g/mol. The van der Waals surface area contributed by atoms with Gasteiger partial charge >= 0.3 is 0 Å². The highest BCUT2D eigenvalue weighted by Crippen LogP contribution is 2.22. The quantitative estimate of drug-likeness (QED) is 0.688. The van der Waals surface area contributed by atoms with E-state index in [1.807, 2.05) is 32.0 Å². The van der Waals surface area contributed by atoms with Crippen molar-refractivity contribution in [2.45, 2.75) is 20.8 Å². The third-order valence-electron chi connectivity index (χ3n) is 3.52. The maximum Gasteiger partial charge on any atom is 0.273 e. The first-order valence-corrected chi connectivity index (χ1v) is 6.52. The molecule has 0 heterocycles. The molecule has 0 radical (unpaired) electrons. The molecule has 1 N–H and O–H groups in total. The van der Waals surface area contributed by atoms with E-state index in [0.29, 0.717) is 11.3 Å². The molecule has 0 spiro atoms. The lowest BCUT2D eigenvalue weighted by atomic mass is 10.1. The topological polar surface area (TPSA) is 72.2 Å². The molecule has 0 fully saturated rings. The van der Waals surface area contributed by atoms with Crippen molar-refractivity contribution in [1.29, 1.82) is 0 Å². The summed E-state index contributed by atoms with van der Waals surface area (Å²) in [6, 6.07) is 10.1. The lowest BCUT2D eigenvalue weighted by Gasteiger charge is -2.10. The number of aryl methyl sites for hydroxylation is 2. The van der Waals surface area contributed by atoms with Crippen LogP contribution in [0.2, 0.25) is 0 Å². The Balaban J connectivity index is 2.31. The van der Waals surface area contributed by atoms with Crippen LogP contribution >= 0.6 is 0 Å². The largest absolute Gasteiger partial charge is 0.322 e. The van der Waals surface area contributed by atoms with E-state index in [-0.39, 0.29) is 17.2 Å². The number of rotatable bonds is 3. The van der Waals surface area contributed by atoms with E-state index >= 15 is 0 Å². The minimum absolute atomic E-state index is 0.0522. The molecule has 108 valence electrons. The summed E-state index contributed by atoms with van der Waals surface area (Å²) in [7, 11) is 0. The summed E-state index contributed by atoms with van der Waals surface area (Å²) in [5.41, 5.74) is 3.51. The van der Waals surface area contributed by atoms with Gasteiger partial charge in [0.05, 0.1) is 4.92 Å². The summed E-state index contributed by atoms with van der Waals surface area (Å²) in [4.78, 5) is 22.7. The number of nitrogens with zero attached hydrogens (tertiary/aromatic N) is 1. The van der Waals surface area contributed by atoms with Gasteiger partial charge in [0.25, 0.3) is 11.6 Å². The summed E-state index contributed by atoms with van der Waals surface area (Å²) in [6.07, 6.45) is 0. The monoisotopic (exact) mass is 284 g/mol. The Hall–Kier alpha value is -2.69. The van der Waals surface area contributed by atoms with Crippen LogP contribution in [-0.4, -0.2) is 10.8 Å². The first kappa shape index (κ1) is 14.7. The van der Waals surface area contributed by atoms with Gasteiger partial charge in [-0.1, -0.05) is 18.2 Å². The van der Waals surface area contributed by atoms with Gasteiger partial charge in [0, 0.05) is 22.9 Å². The van der Waals surface area contributed by atoms with Crippen molar-refractivity contribution in [3.05, 3.63) is 68.8 Å². The van der Waals surface area contributed by atoms with Gasteiger partial charge in [-0.25, -0.2) is 0 Å². The molecule has 2 aromatic carbocycles. The van der Waals surface area contributed by atoms with Crippen LogP contribution in [0.25, 0.3) is 0 Å². The Morgan fingerprint density at radius 1 is 1.10 bits per heavy atom. The molecule has 0 aliphatic rings. The first-order valence-electron chi connectivity index (χ1n) is 6.52. The number of nitro groups is 1. The van der Waals surface area contributed by atoms with Crippen LogP contribution in [0.1, 0.15) is 27.0 Å². The second kappa shape index (κ2) is 5.75. The molecular formula is C16H16N2O3. The molecule has 0 saturated heterocycles. The van der Waals surface area contributed by atoms with Gasteiger partial charge in [0.2, 0.25) is 0 Å². The number of anilines is 1. The molecule has 5 nitrogen and oxygen atoms in total. The lowest BCUT2D eigenvalue weighted by molar-refractivity contribution is -0.385. The van der Waals surface area contributed by atoms with Gasteiger partial charge < -0.3 is 5.32 Å². The summed E-state index contributed by atoms with van der Waals surface area (Å²) in [6.45, 7) is 5.52. The molecule has 2 aromatic rings. The van der Waals surface area contributed by atoms with Crippen molar-refractivity contribution in [1.82, 2.24) is 0 Å².